The number of nitrogens with zero attached hydrogens (tertiary/aromatic N) is 2. The van der Waals surface area contributed by atoms with E-state index in [1.807, 2.05) is 6.07 Å². The van der Waals surface area contributed by atoms with Gasteiger partial charge in [0.2, 0.25) is 5.91 Å². The number of nitrogens with one attached hydrogen (secondary N) is 1. The van der Waals surface area contributed by atoms with E-state index in [9.17, 15) is 4.79 Å². The van der Waals surface area contributed by atoms with Gasteiger partial charge in [-0.2, -0.15) is 0 Å². The van der Waals surface area contributed by atoms with E-state index in [2.05, 4.69) is 34.4 Å². The Morgan fingerprint density at radius 2 is 2.23 bits per heavy atom. The molecule has 0 saturated carbocycles. The van der Waals surface area contributed by atoms with Gasteiger partial charge >= 0.3 is 0 Å². The highest BCUT2D eigenvalue weighted by atomic mass is 32.1. The summed E-state index contributed by atoms with van der Waals surface area (Å²) in [7, 11) is 0. The molecule has 0 atom stereocenters. The Hall–Kier alpha value is -1.62. The van der Waals surface area contributed by atoms with E-state index in [-0.39, 0.29) is 11.3 Å². The van der Waals surface area contributed by atoms with Crippen molar-refractivity contribution in [3.63, 3.8) is 0 Å². The predicted molar refractivity (Wildman–Crippen MR) is 93.8 cm³/mol. The number of anilines is 2. The van der Waals surface area contributed by atoms with Gasteiger partial charge in [-0.3, -0.25) is 9.78 Å². The first kappa shape index (κ1) is 15.3. The fraction of sp³-hybridized carbons (Fsp3) is 0.529. The molecular formula is C17H23N3OS. The molecule has 118 valence electrons. The number of amides is 1. The summed E-state index contributed by atoms with van der Waals surface area (Å²) in [6.45, 7) is 8.25. The maximum absolute atomic E-state index is 11.6. The molecule has 0 aromatic carbocycles. The lowest BCUT2D eigenvalue weighted by atomic mass is 9.88. The smallest absolute Gasteiger partial charge is 0.221 e. The number of carbonyl (C=O) groups excluding carboxylic acids is 1. The van der Waals surface area contributed by atoms with Crippen LogP contribution in [0.4, 0.5) is 11.4 Å². The van der Waals surface area contributed by atoms with Crippen LogP contribution < -0.4 is 10.2 Å². The summed E-state index contributed by atoms with van der Waals surface area (Å²) in [6, 6.07) is 2.05. The second kappa shape index (κ2) is 5.88. The van der Waals surface area contributed by atoms with Gasteiger partial charge in [-0.25, -0.2) is 0 Å². The second-order valence-electron chi connectivity index (χ2n) is 6.88. The summed E-state index contributed by atoms with van der Waals surface area (Å²) >= 11 is 1.70. The molecule has 2 aromatic heterocycles. The molecule has 1 saturated heterocycles. The van der Waals surface area contributed by atoms with Crippen LogP contribution in [0.1, 0.15) is 40.0 Å². The summed E-state index contributed by atoms with van der Waals surface area (Å²) in [5.41, 5.74) is 3.28. The van der Waals surface area contributed by atoms with E-state index >= 15 is 0 Å². The average Bonchev–Trinajstić information content (AvgIpc) is 2.82. The van der Waals surface area contributed by atoms with Crippen molar-refractivity contribution < 1.29 is 4.79 Å². The van der Waals surface area contributed by atoms with Crippen LogP contribution in [-0.2, 0) is 4.79 Å². The SMILES string of the molecule is CC(=O)Nc1cnc2ccsc2c1N1CCCCC(C)(C)C1. The number of hydrogen-bond donors (Lipinski definition) is 1. The standard InChI is InChI=1S/C17H23N3OS/c1-12(21)19-14-10-18-13-6-9-22-16(13)15(14)20-8-5-4-7-17(2,3)11-20/h6,9-10H,4-5,7-8,11H2,1-3H3,(H,19,21). The molecule has 0 radical (unpaired) electrons. The van der Waals surface area contributed by atoms with Crippen LogP contribution >= 0.6 is 11.3 Å². The van der Waals surface area contributed by atoms with Gasteiger partial charge in [0.1, 0.15) is 0 Å². The van der Waals surface area contributed by atoms with Gasteiger partial charge in [-0.1, -0.05) is 20.3 Å². The van der Waals surface area contributed by atoms with E-state index in [0.717, 1.165) is 30.0 Å². The van der Waals surface area contributed by atoms with Gasteiger partial charge in [0, 0.05) is 20.0 Å². The molecule has 4 nitrogen and oxygen atoms in total. The van der Waals surface area contributed by atoms with Gasteiger partial charge in [0.15, 0.2) is 0 Å². The Morgan fingerprint density at radius 1 is 1.41 bits per heavy atom. The highest BCUT2D eigenvalue weighted by Crippen LogP contribution is 2.40. The zero-order chi connectivity index (χ0) is 15.7. The number of aromatic nitrogens is 1. The second-order valence-corrected chi connectivity index (χ2v) is 7.80. The van der Waals surface area contributed by atoms with Gasteiger partial charge in [0.05, 0.1) is 27.8 Å². The van der Waals surface area contributed by atoms with Gasteiger partial charge in [-0.15, -0.1) is 11.3 Å². The normalized spacial score (nSPS) is 18.2. The van der Waals surface area contributed by atoms with Crippen LogP contribution in [0, 0.1) is 5.41 Å². The van der Waals surface area contributed by atoms with Gasteiger partial charge in [-0.05, 0) is 29.7 Å². The van der Waals surface area contributed by atoms with Crippen molar-refractivity contribution in [2.45, 2.75) is 40.0 Å². The molecule has 5 heteroatoms. The highest BCUT2D eigenvalue weighted by Gasteiger charge is 2.27. The molecule has 1 aliphatic rings. The Morgan fingerprint density at radius 3 is 3.00 bits per heavy atom. The zero-order valence-electron chi connectivity index (χ0n) is 13.5. The van der Waals surface area contributed by atoms with Crippen molar-refractivity contribution in [3.05, 3.63) is 17.6 Å². The molecule has 0 aliphatic carbocycles. The van der Waals surface area contributed by atoms with Crippen LogP contribution in [0.3, 0.4) is 0 Å². The third kappa shape index (κ3) is 3.09. The van der Waals surface area contributed by atoms with Crippen LogP contribution in [0.2, 0.25) is 0 Å². The van der Waals surface area contributed by atoms with E-state index < -0.39 is 0 Å². The molecule has 2 aromatic rings. The minimum absolute atomic E-state index is 0.0481. The molecule has 0 unspecified atom stereocenters. The van der Waals surface area contributed by atoms with Gasteiger partial charge < -0.3 is 10.2 Å². The Bertz CT molecular complexity index is 692. The summed E-state index contributed by atoms with van der Waals surface area (Å²) in [6.07, 6.45) is 5.50. The Kier molecular flexibility index (Phi) is 4.08. The number of pyridine rings is 1. The molecule has 1 aliphatic heterocycles. The lowest BCUT2D eigenvalue weighted by molar-refractivity contribution is -0.114. The first-order valence-electron chi connectivity index (χ1n) is 7.85. The van der Waals surface area contributed by atoms with Crippen molar-refractivity contribution in [1.29, 1.82) is 0 Å². The molecule has 1 N–H and O–H groups in total. The van der Waals surface area contributed by atoms with E-state index in [1.165, 1.54) is 24.0 Å². The lowest BCUT2D eigenvalue weighted by Crippen LogP contribution is -2.33. The molecule has 3 rings (SSSR count). The summed E-state index contributed by atoms with van der Waals surface area (Å²) in [5.74, 6) is -0.0481. The van der Waals surface area contributed by atoms with Crippen molar-refractivity contribution in [3.8, 4) is 0 Å². The fourth-order valence-corrected chi connectivity index (χ4v) is 4.19. The minimum Gasteiger partial charge on any atom is -0.368 e. The molecule has 1 fully saturated rings. The Labute approximate surface area is 135 Å². The highest BCUT2D eigenvalue weighted by molar-refractivity contribution is 7.17. The van der Waals surface area contributed by atoms with Crippen LogP contribution in [-0.4, -0.2) is 24.0 Å². The van der Waals surface area contributed by atoms with E-state index in [0.29, 0.717) is 0 Å². The molecule has 22 heavy (non-hydrogen) atoms. The van der Waals surface area contributed by atoms with E-state index in [1.54, 1.807) is 24.5 Å². The van der Waals surface area contributed by atoms with E-state index in [4.69, 9.17) is 0 Å². The molecule has 3 heterocycles. The van der Waals surface area contributed by atoms with Crippen molar-refractivity contribution in [1.82, 2.24) is 4.98 Å². The third-order valence-electron chi connectivity index (χ3n) is 4.22. The molecular weight excluding hydrogens is 294 g/mol. The maximum atomic E-state index is 11.6. The fourth-order valence-electron chi connectivity index (χ4n) is 3.27. The number of rotatable bonds is 2. The average molecular weight is 317 g/mol. The van der Waals surface area contributed by atoms with Crippen molar-refractivity contribution in [2.24, 2.45) is 5.41 Å². The first-order chi connectivity index (χ1) is 10.5. The van der Waals surface area contributed by atoms with Crippen LogP contribution in [0.25, 0.3) is 10.2 Å². The third-order valence-corrected chi connectivity index (χ3v) is 5.14. The van der Waals surface area contributed by atoms with Crippen LogP contribution in [0.15, 0.2) is 17.6 Å². The topological polar surface area (TPSA) is 45.2 Å². The van der Waals surface area contributed by atoms with Crippen LogP contribution in [0.5, 0.6) is 0 Å². The number of thiophene rings is 1. The lowest BCUT2D eigenvalue weighted by Gasteiger charge is -2.32. The van der Waals surface area contributed by atoms with Gasteiger partial charge in [0.25, 0.3) is 0 Å². The van der Waals surface area contributed by atoms with Crippen molar-refractivity contribution >= 4 is 38.8 Å². The maximum Gasteiger partial charge on any atom is 0.221 e. The quantitative estimate of drug-likeness (QED) is 0.899. The first-order valence-corrected chi connectivity index (χ1v) is 8.73. The summed E-state index contributed by atoms with van der Waals surface area (Å²) < 4.78 is 1.17. The summed E-state index contributed by atoms with van der Waals surface area (Å²) in [5, 5.41) is 5.04. The number of fused-ring (bicyclic) bond motifs is 1. The number of hydrogen-bond acceptors (Lipinski definition) is 4. The molecule has 0 bridgehead atoms. The predicted octanol–water partition coefficient (Wildman–Crippen LogP) is 4.27. The molecule has 1 amide bonds. The zero-order valence-corrected chi connectivity index (χ0v) is 14.3. The number of carbonyl (C=O) groups is 1. The largest absolute Gasteiger partial charge is 0.368 e. The monoisotopic (exact) mass is 317 g/mol. The Balaban J connectivity index is 2.09. The summed E-state index contributed by atoms with van der Waals surface area (Å²) in [4.78, 5) is 18.5. The van der Waals surface area contributed by atoms with Crippen molar-refractivity contribution in [2.75, 3.05) is 23.3 Å². The molecule has 0 spiro atoms. The minimum atomic E-state index is -0.0481.